The van der Waals surface area contributed by atoms with Crippen LogP contribution < -0.4 is 32.3 Å². The summed E-state index contributed by atoms with van der Waals surface area (Å²) in [5.74, 6) is -4.89. The van der Waals surface area contributed by atoms with Crippen LogP contribution in [0, 0.1) is 5.92 Å². The zero-order chi connectivity index (χ0) is 41.4. The van der Waals surface area contributed by atoms with Crippen molar-refractivity contribution < 1.29 is 47.9 Å². The summed E-state index contributed by atoms with van der Waals surface area (Å²) >= 11 is 0. The normalized spacial score (nSPS) is 15.6. The second kappa shape index (κ2) is 21.7. The number of nitrogens with one attached hydrogen (secondary N) is 5. The van der Waals surface area contributed by atoms with Crippen molar-refractivity contribution in [3.05, 3.63) is 71.3 Å². The van der Waals surface area contributed by atoms with Crippen molar-refractivity contribution in [2.45, 2.75) is 88.5 Å². The number of hydrogen-bond acceptors (Lipinski definition) is 9. The van der Waals surface area contributed by atoms with Gasteiger partial charge in [-0.3, -0.25) is 28.8 Å². The molecular weight excluding hydrogens is 722 g/mol. The van der Waals surface area contributed by atoms with Gasteiger partial charge in [0, 0.05) is 12.0 Å². The first-order valence-electron chi connectivity index (χ1n) is 19.0. The molecule has 1 aliphatic rings. The van der Waals surface area contributed by atoms with E-state index < -0.39 is 78.2 Å². The van der Waals surface area contributed by atoms with Gasteiger partial charge in [0.1, 0.15) is 30.2 Å². The third kappa shape index (κ3) is 14.4. The number of methoxy groups -OCH3 is 1. The molecule has 16 nitrogen and oxygen atoms in total. The third-order valence-electron chi connectivity index (χ3n) is 9.72. The minimum Gasteiger partial charge on any atom is -0.465 e. The monoisotopic (exact) mass is 780 g/mol. The van der Waals surface area contributed by atoms with E-state index in [2.05, 4.69) is 26.6 Å². The largest absolute Gasteiger partial charge is 0.465 e. The summed E-state index contributed by atoms with van der Waals surface area (Å²) in [6.45, 7) is 1.56. The van der Waals surface area contributed by atoms with E-state index in [1.807, 2.05) is 27.2 Å². The van der Waals surface area contributed by atoms with Gasteiger partial charge in [-0.05, 0) is 74.8 Å². The number of esters is 1. The van der Waals surface area contributed by atoms with Crippen molar-refractivity contribution in [3.8, 4) is 0 Å². The molecule has 2 aromatic carbocycles. The summed E-state index contributed by atoms with van der Waals surface area (Å²) in [6, 6.07) is 9.05. The van der Waals surface area contributed by atoms with Crippen molar-refractivity contribution in [1.29, 1.82) is 0 Å². The molecule has 3 rings (SSSR count). The number of carbonyl (C=O) groups excluding carboxylic acids is 7. The molecule has 0 bridgehead atoms. The Kier molecular flexibility index (Phi) is 17.4. The summed E-state index contributed by atoms with van der Waals surface area (Å²) in [5.41, 5.74) is 6.52. The number of rotatable bonds is 21. The standard InChI is InChI=1S/C40H57N7O9/c1-25(42-38(53)31(23-26-13-7-6-8-14-26)44-36(51)28-18-20-29(21-19-28)40(55)56-5)35(50)46-33(27-15-9-10-16-27)39(54)43-30(17-11-12-22-47(2,3)4)37(52)45-32(24-48)34(41)49/h6-8,13-14,18-21,25,27,30-33,48H,9-12,15-17,22-24H2,1-5H3,(H6-,41,42,43,44,45,46,49,50,51,52,53,54)/p+1/t25-,30-,31-,32+,33-/m0/s1. The molecule has 8 N–H and O–H groups in total. The van der Waals surface area contributed by atoms with E-state index >= 15 is 0 Å². The van der Waals surface area contributed by atoms with Gasteiger partial charge in [0.15, 0.2) is 0 Å². The van der Waals surface area contributed by atoms with Crippen LogP contribution >= 0.6 is 0 Å². The van der Waals surface area contributed by atoms with Gasteiger partial charge in [0.2, 0.25) is 29.5 Å². The van der Waals surface area contributed by atoms with Gasteiger partial charge in [-0.1, -0.05) is 43.2 Å². The zero-order valence-electron chi connectivity index (χ0n) is 33.0. The summed E-state index contributed by atoms with van der Waals surface area (Å²) in [4.78, 5) is 91.5. The number of unbranched alkanes of at least 4 members (excludes halogenated alkanes) is 1. The molecule has 0 saturated heterocycles. The molecule has 0 spiro atoms. The summed E-state index contributed by atoms with van der Waals surface area (Å²) in [5, 5.41) is 23.0. The lowest BCUT2D eigenvalue weighted by molar-refractivity contribution is -0.870. The Hall–Kier alpha value is -5.35. The van der Waals surface area contributed by atoms with Crippen LogP contribution in [0.2, 0.25) is 0 Å². The van der Waals surface area contributed by atoms with E-state index in [1.54, 1.807) is 24.3 Å². The van der Waals surface area contributed by atoms with Crippen LogP contribution in [0.5, 0.6) is 0 Å². The molecule has 1 fully saturated rings. The van der Waals surface area contributed by atoms with Crippen molar-refractivity contribution in [3.63, 3.8) is 0 Å². The van der Waals surface area contributed by atoms with Crippen molar-refractivity contribution in [1.82, 2.24) is 26.6 Å². The van der Waals surface area contributed by atoms with E-state index in [1.165, 1.54) is 38.3 Å². The predicted octanol–water partition coefficient (Wildman–Crippen LogP) is 0.318. The molecule has 56 heavy (non-hydrogen) atoms. The van der Waals surface area contributed by atoms with Gasteiger partial charge >= 0.3 is 5.97 Å². The van der Waals surface area contributed by atoms with E-state index in [-0.39, 0.29) is 29.9 Å². The number of ether oxygens (including phenoxy) is 1. The van der Waals surface area contributed by atoms with Crippen LogP contribution in [0.1, 0.15) is 78.1 Å². The lowest BCUT2D eigenvalue weighted by atomic mass is 9.96. The van der Waals surface area contributed by atoms with E-state index in [4.69, 9.17) is 10.5 Å². The highest BCUT2D eigenvalue weighted by molar-refractivity contribution is 6.00. The van der Waals surface area contributed by atoms with Crippen LogP contribution in [0.4, 0.5) is 0 Å². The Bertz CT molecular complexity index is 1660. The number of aliphatic hydroxyl groups excluding tert-OH is 1. The van der Waals surface area contributed by atoms with E-state index in [9.17, 15) is 38.7 Å². The highest BCUT2D eigenvalue weighted by atomic mass is 16.5. The Balaban J connectivity index is 1.76. The second-order valence-electron chi connectivity index (χ2n) is 15.3. The molecule has 1 aliphatic carbocycles. The first-order valence-corrected chi connectivity index (χ1v) is 19.0. The first kappa shape index (κ1) is 45.0. The molecule has 0 unspecified atom stereocenters. The molecule has 0 heterocycles. The number of quaternary nitrogens is 1. The van der Waals surface area contributed by atoms with Crippen LogP contribution in [-0.2, 0) is 35.1 Å². The minimum atomic E-state index is -1.34. The first-order chi connectivity index (χ1) is 26.5. The Morgan fingerprint density at radius 3 is 1.91 bits per heavy atom. The van der Waals surface area contributed by atoms with E-state index in [0.717, 1.165) is 31.4 Å². The fraction of sp³-hybridized carbons (Fsp3) is 0.525. The number of nitrogens with two attached hydrogens (primary N) is 1. The Morgan fingerprint density at radius 1 is 0.750 bits per heavy atom. The summed E-state index contributed by atoms with van der Waals surface area (Å²) < 4.78 is 5.41. The predicted molar refractivity (Wildman–Crippen MR) is 208 cm³/mol. The number of amides is 6. The van der Waals surface area contributed by atoms with Gasteiger partial charge in [-0.15, -0.1) is 0 Å². The zero-order valence-corrected chi connectivity index (χ0v) is 33.0. The molecule has 0 aliphatic heterocycles. The summed E-state index contributed by atoms with van der Waals surface area (Å²) in [7, 11) is 7.36. The molecule has 306 valence electrons. The number of primary amides is 1. The maximum absolute atomic E-state index is 13.9. The average Bonchev–Trinajstić information content (AvgIpc) is 3.71. The van der Waals surface area contributed by atoms with Crippen LogP contribution in [0.15, 0.2) is 54.6 Å². The molecular formula is C40H58N7O9+. The lowest BCUT2D eigenvalue weighted by Gasteiger charge is -2.29. The molecule has 2 aromatic rings. The maximum Gasteiger partial charge on any atom is 0.337 e. The quantitative estimate of drug-likeness (QED) is 0.0524. The SMILES string of the molecule is COC(=O)c1ccc(C(=O)N[C@@H](Cc2ccccc2)C(=O)N[C@@H](C)C(=O)N[C@H](C(=O)N[C@@H](CCCC[N+](C)(C)C)C(=O)N[C@H](CO)C(N)=O)C2CCCC2)cc1. The second-order valence-corrected chi connectivity index (χ2v) is 15.3. The van der Waals surface area contributed by atoms with Crippen molar-refractivity contribution in [2.75, 3.05) is 41.4 Å². The summed E-state index contributed by atoms with van der Waals surface area (Å²) in [6.07, 6.45) is 4.64. The topological polar surface area (TPSA) is 235 Å². The fourth-order valence-electron chi connectivity index (χ4n) is 6.47. The van der Waals surface area contributed by atoms with Gasteiger partial charge in [0.05, 0.1) is 47.0 Å². The van der Waals surface area contributed by atoms with Crippen LogP contribution in [-0.4, -0.2) is 123 Å². The highest BCUT2D eigenvalue weighted by Gasteiger charge is 2.36. The minimum absolute atomic E-state index is 0.102. The molecule has 1 saturated carbocycles. The number of benzene rings is 2. The maximum atomic E-state index is 13.9. The third-order valence-corrected chi connectivity index (χ3v) is 9.72. The molecule has 6 amide bonds. The molecule has 0 aromatic heterocycles. The molecule has 16 heteroatoms. The Labute approximate surface area is 328 Å². The highest BCUT2D eigenvalue weighted by Crippen LogP contribution is 2.28. The van der Waals surface area contributed by atoms with Crippen LogP contribution in [0.25, 0.3) is 0 Å². The fourth-order valence-corrected chi connectivity index (χ4v) is 6.47. The molecule has 0 radical (unpaired) electrons. The number of aliphatic hydroxyl groups is 1. The van der Waals surface area contributed by atoms with Gasteiger partial charge in [-0.2, -0.15) is 0 Å². The van der Waals surface area contributed by atoms with Crippen LogP contribution in [0.3, 0.4) is 0 Å². The molecule has 5 atom stereocenters. The lowest BCUT2D eigenvalue weighted by Crippen LogP contribution is -2.60. The Morgan fingerprint density at radius 2 is 1.34 bits per heavy atom. The van der Waals surface area contributed by atoms with Gasteiger partial charge in [-0.25, -0.2) is 4.79 Å². The number of carbonyl (C=O) groups is 7. The van der Waals surface area contributed by atoms with E-state index in [0.29, 0.717) is 23.7 Å². The number of hydrogen-bond donors (Lipinski definition) is 7. The smallest absolute Gasteiger partial charge is 0.337 e. The average molecular weight is 781 g/mol. The van der Waals surface area contributed by atoms with Crippen molar-refractivity contribution >= 4 is 41.4 Å². The van der Waals surface area contributed by atoms with Gasteiger partial charge in [0.25, 0.3) is 5.91 Å². The van der Waals surface area contributed by atoms with Crippen molar-refractivity contribution in [2.24, 2.45) is 11.7 Å². The van der Waals surface area contributed by atoms with Gasteiger partial charge < -0.3 is 46.6 Å². The number of nitrogens with zero attached hydrogens (tertiary/aromatic N) is 1.